The van der Waals surface area contributed by atoms with E-state index in [1.807, 2.05) is 18.2 Å². The molecule has 102 valence electrons. The third-order valence-corrected chi connectivity index (χ3v) is 4.33. The molecule has 1 N–H and O–H groups in total. The highest BCUT2D eigenvalue weighted by molar-refractivity contribution is 5.88. The topological polar surface area (TPSA) is 35.6 Å². The zero-order valence-corrected chi connectivity index (χ0v) is 11.4. The van der Waals surface area contributed by atoms with Gasteiger partial charge in [0.15, 0.2) is 0 Å². The second kappa shape index (κ2) is 5.21. The summed E-state index contributed by atoms with van der Waals surface area (Å²) in [6.07, 6.45) is 2.22. The first-order valence-corrected chi connectivity index (χ1v) is 7.03. The largest absolute Gasteiger partial charge is 0.342 e. The molecule has 1 aromatic rings. The van der Waals surface area contributed by atoms with Crippen LogP contribution in [0.4, 0.5) is 5.69 Å². The predicted molar refractivity (Wildman–Crippen MR) is 75.9 cm³/mol. The normalized spacial score (nSPS) is 25.6. The Balaban J connectivity index is 1.79. The third-order valence-electron chi connectivity index (χ3n) is 4.33. The monoisotopic (exact) mass is 259 g/mol. The molecule has 4 nitrogen and oxygen atoms in total. The Hall–Kier alpha value is -1.55. The number of likely N-dealkylation sites (tertiary alicyclic amines) is 1. The summed E-state index contributed by atoms with van der Waals surface area (Å²) >= 11 is 0. The van der Waals surface area contributed by atoms with Crippen LogP contribution in [0.2, 0.25) is 0 Å². The van der Waals surface area contributed by atoms with Crippen LogP contribution in [-0.4, -0.2) is 43.7 Å². The van der Waals surface area contributed by atoms with Crippen molar-refractivity contribution in [1.82, 2.24) is 10.2 Å². The van der Waals surface area contributed by atoms with Crippen LogP contribution in [0.15, 0.2) is 30.3 Å². The highest BCUT2D eigenvalue weighted by Crippen LogP contribution is 2.29. The Morgan fingerprint density at radius 1 is 1.16 bits per heavy atom. The Bertz CT molecular complexity index is 440. The van der Waals surface area contributed by atoms with Gasteiger partial charge in [-0.3, -0.25) is 4.79 Å². The maximum Gasteiger partial charge on any atom is 0.244 e. The highest BCUT2D eigenvalue weighted by Gasteiger charge is 2.39. The van der Waals surface area contributed by atoms with Crippen LogP contribution >= 0.6 is 0 Å². The lowest BCUT2D eigenvalue weighted by molar-refractivity contribution is -0.121. The Morgan fingerprint density at radius 2 is 1.84 bits per heavy atom. The molecule has 2 aliphatic heterocycles. The van der Waals surface area contributed by atoms with E-state index < -0.39 is 0 Å². The van der Waals surface area contributed by atoms with Gasteiger partial charge < -0.3 is 15.1 Å². The van der Waals surface area contributed by atoms with Crippen molar-refractivity contribution in [2.45, 2.75) is 18.9 Å². The molecule has 0 saturated carbocycles. The predicted octanol–water partition coefficient (Wildman–Crippen LogP) is 1.29. The van der Waals surface area contributed by atoms with Gasteiger partial charge in [0.05, 0.1) is 6.67 Å². The van der Waals surface area contributed by atoms with E-state index in [4.69, 9.17) is 0 Å². The molecule has 0 radical (unpaired) electrons. The van der Waals surface area contributed by atoms with Crippen LogP contribution in [0.5, 0.6) is 0 Å². The number of hydrogen-bond donors (Lipinski definition) is 1. The molecule has 0 aliphatic carbocycles. The summed E-state index contributed by atoms with van der Waals surface area (Å²) in [5.74, 6) is 0.664. The molecule has 0 aromatic heterocycles. The summed E-state index contributed by atoms with van der Waals surface area (Å²) in [5, 5.41) is 3.00. The summed E-state index contributed by atoms with van der Waals surface area (Å²) in [4.78, 5) is 16.7. The zero-order valence-electron chi connectivity index (χ0n) is 11.4. The minimum absolute atomic E-state index is 0.0103. The number of carbonyl (C=O) groups excluding carboxylic acids is 1. The molecule has 1 amide bonds. The van der Waals surface area contributed by atoms with Gasteiger partial charge in [0.1, 0.15) is 6.04 Å². The van der Waals surface area contributed by atoms with Crippen molar-refractivity contribution in [3.8, 4) is 0 Å². The molecule has 1 unspecified atom stereocenters. The quantitative estimate of drug-likeness (QED) is 0.869. The summed E-state index contributed by atoms with van der Waals surface area (Å²) in [6.45, 7) is 2.83. The summed E-state index contributed by atoms with van der Waals surface area (Å²) < 4.78 is 0. The minimum Gasteiger partial charge on any atom is -0.342 e. The first-order valence-electron chi connectivity index (χ1n) is 7.03. The lowest BCUT2D eigenvalue weighted by Gasteiger charge is -2.35. The van der Waals surface area contributed by atoms with E-state index in [0.717, 1.165) is 31.6 Å². The number of rotatable bonds is 2. The van der Waals surface area contributed by atoms with Crippen LogP contribution < -0.4 is 10.2 Å². The number of nitrogens with one attached hydrogen (secondary N) is 1. The molecule has 19 heavy (non-hydrogen) atoms. The second-order valence-corrected chi connectivity index (χ2v) is 5.59. The van der Waals surface area contributed by atoms with Crippen LogP contribution in [0.1, 0.15) is 12.8 Å². The summed E-state index contributed by atoms with van der Waals surface area (Å²) in [5.41, 5.74) is 1.14. The van der Waals surface area contributed by atoms with Crippen LogP contribution in [0.25, 0.3) is 0 Å². The van der Waals surface area contributed by atoms with E-state index in [-0.39, 0.29) is 11.9 Å². The SMILES string of the molecule is CN1CCC(C2C(=O)NCN2c2ccccc2)CC1. The van der Waals surface area contributed by atoms with E-state index in [2.05, 4.69) is 34.3 Å². The smallest absolute Gasteiger partial charge is 0.244 e. The van der Waals surface area contributed by atoms with E-state index >= 15 is 0 Å². The van der Waals surface area contributed by atoms with Crippen molar-refractivity contribution in [3.05, 3.63) is 30.3 Å². The van der Waals surface area contributed by atoms with Crippen molar-refractivity contribution in [3.63, 3.8) is 0 Å². The summed E-state index contributed by atoms with van der Waals surface area (Å²) in [7, 11) is 2.15. The Morgan fingerprint density at radius 3 is 2.53 bits per heavy atom. The number of carbonyl (C=O) groups is 1. The molecular formula is C15H21N3O. The van der Waals surface area contributed by atoms with Gasteiger partial charge in [0.25, 0.3) is 0 Å². The first kappa shape index (κ1) is 12.5. The van der Waals surface area contributed by atoms with Crippen molar-refractivity contribution in [1.29, 1.82) is 0 Å². The number of amides is 1. The molecule has 2 fully saturated rings. The van der Waals surface area contributed by atoms with E-state index in [1.54, 1.807) is 0 Å². The maximum absolute atomic E-state index is 12.2. The Labute approximate surface area is 114 Å². The zero-order chi connectivity index (χ0) is 13.2. The molecule has 2 heterocycles. The molecule has 1 aromatic carbocycles. The van der Waals surface area contributed by atoms with E-state index in [9.17, 15) is 4.79 Å². The van der Waals surface area contributed by atoms with Gasteiger partial charge in [-0.05, 0) is 51.0 Å². The van der Waals surface area contributed by atoms with Crippen LogP contribution in [0.3, 0.4) is 0 Å². The Kier molecular flexibility index (Phi) is 3.42. The molecule has 2 aliphatic rings. The standard InChI is InChI=1S/C15H21N3O/c1-17-9-7-12(8-10-17)14-15(19)16-11-18(14)13-5-3-2-4-6-13/h2-6,12,14H,7-11H2,1H3,(H,16,19). The van der Waals surface area contributed by atoms with Gasteiger partial charge in [0.2, 0.25) is 5.91 Å². The fourth-order valence-electron chi connectivity index (χ4n) is 3.19. The molecule has 4 heteroatoms. The fraction of sp³-hybridized carbons (Fsp3) is 0.533. The van der Waals surface area contributed by atoms with Gasteiger partial charge in [-0.15, -0.1) is 0 Å². The number of anilines is 1. The van der Waals surface area contributed by atoms with Crippen molar-refractivity contribution in [2.24, 2.45) is 5.92 Å². The summed E-state index contributed by atoms with van der Waals surface area (Å²) in [6, 6.07) is 10.3. The lowest BCUT2D eigenvalue weighted by Crippen LogP contribution is -2.44. The van der Waals surface area contributed by atoms with Gasteiger partial charge in [0, 0.05) is 5.69 Å². The van der Waals surface area contributed by atoms with Gasteiger partial charge >= 0.3 is 0 Å². The average Bonchev–Trinajstić information content (AvgIpc) is 2.83. The number of nitrogens with zero attached hydrogens (tertiary/aromatic N) is 2. The first-order chi connectivity index (χ1) is 9.25. The van der Waals surface area contributed by atoms with Gasteiger partial charge in [-0.2, -0.15) is 0 Å². The van der Waals surface area contributed by atoms with Crippen molar-refractivity contribution in [2.75, 3.05) is 31.7 Å². The third kappa shape index (κ3) is 2.45. The second-order valence-electron chi connectivity index (χ2n) is 5.59. The highest BCUT2D eigenvalue weighted by atomic mass is 16.2. The number of hydrogen-bond acceptors (Lipinski definition) is 3. The molecule has 0 spiro atoms. The molecule has 1 atom stereocenters. The van der Waals surface area contributed by atoms with Gasteiger partial charge in [-0.1, -0.05) is 18.2 Å². The van der Waals surface area contributed by atoms with E-state index in [1.165, 1.54) is 0 Å². The van der Waals surface area contributed by atoms with Crippen molar-refractivity contribution < 1.29 is 4.79 Å². The van der Waals surface area contributed by atoms with Crippen LogP contribution in [-0.2, 0) is 4.79 Å². The lowest BCUT2D eigenvalue weighted by atomic mass is 9.88. The number of benzene rings is 1. The molecule has 0 bridgehead atoms. The van der Waals surface area contributed by atoms with Crippen molar-refractivity contribution >= 4 is 11.6 Å². The van der Waals surface area contributed by atoms with E-state index in [0.29, 0.717) is 12.6 Å². The van der Waals surface area contributed by atoms with Crippen LogP contribution in [0, 0.1) is 5.92 Å². The molecule has 3 rings (SSSR count). The minimum atomic E-state index is 0.0103. The molecular weight excluding hydrogens is 238 g/mol. The number of para-hydroxylation sites is 1. The number of piperidine rings is 1. The maximum atomic E-state index is 12.2. The average molecular weight is 259 g/mol. The molecule has 2 saturated heterocycles. The van der Waals surface area contributed by atoms with Gasteiger partial charge in [-0.25, -0.2) is 0 Å². The fourth-order valence-corrected chi connectivity index (χ4v) is 3.19.